The van der Waals surface area contributed by atoms with Crippen molar-refractivity contribution in [3.05, 3.63) is 0 Å². The average Bonchev–Trinajstić information content (AvgIpc) is 3.14. The molecule has 0 radical (unpaired) electrons. The van der Waals surface area contributed by atoms with E-state index in [-0.39, 0.29) is 30.3 Å². The van der Waals surface area contributed by atoms with Crippen molar-refractivity contribution in [2.24, 2.45) is 0 Å². The van der Waals surface area contributed by atoms with Gasteiger partial charge in [0.15, 0.2) is 0 Å². The fourth-order valence-corrected chi connectivity index (χ4v) is 7.92. The Bertz CT molecular complexity index is 790. The third-order valence-corrected chi connectivity index (χ3v) is 11.4. The molecule has 0 saturated carbocycles. The summed E-state index contributed by atoms with van der Waals surface area (Å²) in [6.07, 6.45) is 40.1. The third-order valence-electron chi connectivity index (χ3n) is 11.4. The van der Waals surface area contributed by atoms with Gasteiger partial charge in [0.05, 0.1) is 6.61 Å². The predicted octanol–water partition coefficient (Wildman–Crippen LogP) is 14.2. The van der Waals surface area contributed by atoms with Crippen molar-refractivity contribution in [3.63, 3.8) is 0 Å². The van der Waals surface area contributed by atoms with Crippen LogP contribution in [0.4, 0.5) is 0 Å². The quantitative estimate of drug-likeness (QED) is 0.0492. The predicted molar refractivity (Wildman–Crippen MR) is 232 cm³/mol. The van der Waals surface area contributed by atoms with Crippen LogP contribution in [0.15, 0.2) is 0 Å². The number of hydrogen-bond donors (Lipinski definition) is 1. The Balaban J connectivity index is 4.15. The number of hydrogen-bond acceptors (Lipinski definition) is 6. The molecule has 1 atom stereocenters. The molecule has 0 aromatic carbocycles. The molecule has 322 valence electrons. The largest absolute Gasteiger partial charge is 0.462 e. The Morgan fingerprint density at radius 3 is 1.35 bits per heavy atom. The molecule has 0 aliphatic rings. The minimum Gasteiger partial charge on any atom is -0.462 e. The van der Waals surface area contributed by atoms with Crippen LogP contribution in [0.1, 0.15) is 259 Å². The van der Waals surface area contributed by atoms with Crippen molar-refractivity contribution in [1.29, 1.82) is 0 Å². The summed E-state index contributed by atoms with van der Waals surface area (Å²) < 4.78 is 12.1. The molecule has 0 aromatic rings. The zero-order chi connectivity index (χ0) is 39.8. The van der Waals surface area contributed by atoms with Crippen LogP contribution < -0.4 is 0 Å². The maximum Gasteiger partial charge on any atom is 0.306 e. The molecule has 0 heterocycles. The molecule has 1 unspecified atom stereocenters. The zero-order valence-electron chi connectivity index (χ0n) is 37.2. The minimum absolute atomic E-state index is 0.0137. The molecule has 0 saturated heterocycles. The van der Waals surface area contributed by atoms with Gasteiger partial charge in [-0.1, -0.05) is 169 Å². The summed E-state index contributed by atoms with van der Waals surface area (Å²) in [6, 6.07) is 0. The van der Waals surface area contributed by atoms with Gasteiger partial charge in [0, 0.05) is 19.4 Å². The monoisotopic (exact) mass is 766 g/mol. The van der Waals surface area contributed by atoms with Gasteiger partial charge in [-0.3, -0.25) is 9.59 Å². The van der Waals surface area contributed by atoms with E-state index in [0.29, 0.717) is 12.8 Å². The second kappa shape index (κ2) is 40.1. The molecule has 1 N–H and O–H groups in total. The molecule has 0 bridgehead atoms. The fourth-order valence-electron chi connectivity index (χ4n) is 7.92. The fraction of sp³-hybridized carbons (Fsp3) is 0.958. The van der Waals surface area contributed by atoms with E-state index < -0.39 is 0 Å². The summed E-state index contributed by atoms with van der Waals surface area (Å²) in [4.78, 5) is 27.8. The second-order valence-electron chi connectivity index (χ2n) is 17.0. The second-order valence-corrected chi connectivity index (χ2v) is 17.0. The molecule has 0 fully saturated rings. The molecule has 0 aliphatic carbocycles. The highest BCUT2D eigenvalue weighted by Gasteiger charge is 2.27. The zero-order valence-corrected chi connectivity index (χ0v) is 37.2. The Hall–Kier alpha value is -1.14. The standard InChI is InChI=1S/C48H95NO5/c1-6-10-13-16-21-28-35-45(36-29-22-17-14-11-7-2)53-46(51)37-30-23-19-26-33-41-49(43-44-50)42-34-27-20-24-31-38-47(52)54-48(5,39-9-4)40-32-25-18-15-12-8-3/h45,50H,6-44H2,1-5H3. The van der Waals surface area contributed by atoms with E-state index in [1.165, 1.54) is 116 Å². The summed E-state index contributed by atoms with van der Waals surface area (Å²) in [6.45, 7) is 14.1. The summed E-state index contributed by atoms with van der Waals surface area (Å²) in [5.74, 6) is -0.00276. The van der Waals surface area contributed by atoms with Crippen molar-refractivity contribution in [1.82, 2.24) is 4.90 Å². The first-order chi connectivity index (χ1) is 26.3. The van der Waals surface area contributed by atoms with E-state index in [1.54, 1.807) is 0 Å². The molecule has 0 aromatic heterocycles. The normalized spacial score (nSPS) is 12.8. The van der Waals surface area contributed by atoms with Crippen molar-refractivity contribution in [2.45, 2.75) is 271 Å². The van der Waals surface area contributed by atoms with Gasteiger partial charge in [0.1, 0.15) is 11.7 Å². The van der Waals surface area contributed by atoms with Crippen LogP contribution in [0.25, 0.3) is 0 Å². The Kier molecular flexibility index (Phi) is 39.2. The number of esters is 2. The van der Waals surface area contributed by atoms with E-state index in [2.05, 4.69) is 39.5 Å². The molecular formula is C48H95NO5. The Labute approximate surface area is 337 Å². The van der Waals surface area contributed by atoms with Crippen molar-refractivity contribution >= 4 is 11.9 Å². The molecule has 6 nitrogen and oxygen atoms in total. The van der Waals surface area contributed by atoms with Gasteiger partial charge in [-0.25, -0.2) is 0 Å². The van der Waals surface area contributed by atoms with Crippen LogP contribution in [0.2, 0.25) is 0 Å². The SMILES string of the molecule is CCCCCCCCC(CCCCCCCC)OC(=O)CCCCCCCN(CCO)CCCCCCCC(=O)OC(C)(CCC)CCCCCCCC. The lowest BCUT2D eigenvalue weighted by Gasteiger charge is -2.29. The third kappa shape index (κ3) is 35.3. The smallest absolute Gasteiger partial charge is 0.306 e. The first-order valence-corrected chi connectivity index (χ1v) is 24.1. The molecule has 54 heavy (non-hydrogen) atoms. The van der Waals surface area contributed by atoms with Crippen LogP contribution >= 0.6 is 0 Å². The Morgan fingerprint density at radius 2 is 0.889 bits per heavy atom. The summed E-state index contributed by atoms with van der Waals surface area (Å²) in [7, 11) is 0. The molecule has 0 aliphatic heterocycles. The first-order valence-electron chi connectivity index (χ1n) is 24.1. The van der Waals surface area contributed by atoms with Crippen molar-refractivity contribution in [3.8, 4) is 0 Å². The highest BCUT2D eigenvalue weighted by molar-refractivity contribution is 5.70. The van der Waals surface area contributed by atoms with Gasteiger partial charge in [0.2, 0.25) is 0 Å². The van der Waals surface area contributed by atoms with Crippen molar-refractivity contribution < 1.29 is 24.2 Å². The first kappa shape index (κ1) is 52.9. The maximum absolute atomic E-state index is 12.7. The topological polar surface area (TPSA) is 76.1 Å². The molecule has 0 spiro atoms. The minimum atomic E-state index is -0.302. The van der Waals surface area contributed by atoms with Crippen LogP contribution in [0.5, 0.6) is 0 Å². The highest BCUT2D eigenvalue weighted by Crippen LogP contribution is 2.27. The summed E-state index contributed by atoms with van der Waals surface area (Å²) in [5.41, 5.74) is -0.302. The van der Waals surface area contributed by atoms with Crippen molar-refractivity contribution in [2.75, 3.05) is 26.2 Å². The number of carbonyl (C=O) groups is 2. The van der Waals surface area contributed by atoms with Gasteiger partial charge in [-0.2, -0.15) is 0 Å². The average molecular weight is 766 g/mol. The van der Waals surface area contributed by atoms with E-state index in [1.807, 2.05) is 0 Å². The summed E-state index contributed by atoms with van der Waals surface area (Å²) >= 11 is 0. The highest BCUT2D eigenvalue weighted by atomic mass is 16.6. The molecular weight excluding hydrogens is 671 g/mol. The number of unbranched alkanes of at least 4 members (excludes halogenated alkanes) is 23. The van der Waals surface area contributed by atoms with Gasteiger partial charge in [-0.05, 0) is 90.6 Å². The van der Waals surface area contributed by atoms with E-state index >= 15 is 0 Å². The lowest BCUT2D eigenvalue weighted by molar-refractivity contribution is -0.160. The van der Waals surface area contributed by atoms with Crippen LogP contribution in [-0.2, 0) is 19.1 Å². The number of carbonyl (C=O) groups excluding carboxylic acids is 2. The molecule has 0 amide bonds. The van der Waals surface area contributed by atoms with E-state index in [0.717, 1.165) is 116 Å². The number of ether oxygens (including phenoxy) is 2. The Morgan fingerprint density at radius 1 is 0.481 bits per heavy atom. The lowest BCUT2D eigenvalue weighted by Crippen LogP contribution is -2.31. The van der Waals surface area contributed by atoms with E-state index in [4.69, 9.17) is 9.47 Å². The van der Waals surface area contributed by atoms with Crippen LogP contribution in [-0.4, -0.2) is 59.9 Å². The van der Waals surface area contributed by atoms with Gasteiger partial charge in [-0.15, -0.1) is 0 Å². The number of aliphatic hydroxyl groups is 1. The van der Waals surface area contributed by atoms with Crippen LogP contribution in [0, 0.1) is 0 Å². The van der Waals surface area contributed by atoms with Crippen LogP contribution in [0.3, 0.4) is 0 Å². The molecule has 6 heteroatoms. The number of nitrogens with zero attached hydrogens (tertiary/aromatic N) is 1. The summed E-state index contributed by atoms with van der Waals surface area (Å²) in [5, 5.41) is 9.61. The number of rotatable bonds is 43. The molecule has 0 rings (SSSR count). The maximum atomic E-state index is 12.7. The van der Waals surface area contributed by atoms with E-state index in [9.17, 15) is 14.7 Å². The lowest BCUT2D eigenvalue weighted by atomic mass is 9.92. The van der Waals surface area contributed by atoms with Gasteiger partial charge < -0.3 is 19.5 Å². The van der Waals surface area contributed by atoms with Gasteiger partial charge >= 0.3 is 11.9 Å². The number of aliphatic hydroxyl groups excluding tert-OH is 1. The van der Waals surface area contributed by atoms with Gasteiger partial charge in [0.25, 0.3) is 0 Å².